The van der Waals surface area contributed by atoms with Crippen molar-refractivity contribution in [2.45, 2.75) is 31.8 Å². The van der Waals surface area contributed by atoms with E-state index in [-0.39, 0.29) is 0 Å². The molecule has 108 valence electrons. The maximum absolute atomic E-state index is 11.1. The van der Waals surface area contributed by atoms with Gasteiger partial charge in [0.05, 0.1) is 18.2 Å². The zero-order chi connectivity index (χ0) is 14.4. The van der Waals surface area contributed by atoms with E-state index in [1.54, 1.807) is 12.1 Å². The average molecular weight is 285 g/mol. The monoisotopic (exact) mass is 285 g/mol. The molecule has 0 bridgehead atoms. The summed E-state index contributed by atoms with van der Waals surface area (Å²) < 4.78 is 1.90. The van der Waals surface area contributed by atoms with E-state index in [1.165, 1.54) is 5.56 Å². The van der Waals surface area contributed by atoms with Crippen LogP contribution in [0.15, 0.2) is 18.2 Å². The molecule has 1 aromatic heterocycles. The molecular weight excluding hydrogens is 270 g/mol. The molecule has 0 spiro atoms. The lowest BCUT2D eigenvalue weighted by Gasteiger charge is -2.19. The van der Waals surface area contributed by atoms with Crippen molar-refractivity contribution in [1.29, 1.82) is 0 Å². The Kier molecular flexibility index (Phi) is 2.66. The van der Waals surface area contributed by atoms with Gasteiger partial charge in [-0.25, -0.2) is 9.48 Å². The summed E-state index contributed by atoms with van der Waals surface area (Å²) in [6.07, 6.45) is 3.20. The van der Waals surface area contributed by atoms with E-state index in [2.05, 4.69) is 20.4 Å². The third-order valence-electron chi connectivity index (χ3n) is 4.11. The second-order valence-electron chi connectivity index (χ2n) is 5.59. The smallest absolute Gasteiger partial charge is 0.335 e. The fourth-order valence-corrected chi connectivity index (χ4v) is 2.83. The molecule has 2 aliphatic rings. The van der Waals surface area contributed by atoms with Gasteiger partial charge in [-0.2, -0.15) is 0 Å². The molecule has 1 aromatic carbocycles. The number of aromatic carboxylic acids is 1. The van der Waals surface area contributed by atoms with Gasteiger partial charge in [-0.05, 0) is 47.4 Å². The van der Waals surface area contributed by atoms with Crippen molar-refractivity contribution in [2.75, 3.05) is 11.4 Å². The molecule has 1 aliphatic carbocycles. The highest BCUT2D eigenvalue weighted by Crippen LogP contribution is 2.35. The molecule has 1 saturated carbocycles. The van der Waals surface area contributed by atoms with Gasteiger partial charge in [0, 0.05) is 12.2 Å². The van der Waals surface area contributed by atoms with Crippen LogP contribution in [0.4, 0.5) is 5.69 Å². The third kappa shape index (κ3) is 2.14. The van der Waals surface area contributed by atoms with Crippen LogP contribution >= 0.6 is 0 Å². The molecule has 0 radical (unpaired) electrons. The second-order valence-corrected chi connectivity index (χ2v) is 5.59. The van der Waals surface area contributed by atoms with Crippen LogP contribution in [-0.4, -0.2) is 37.8 Å². The normalized spacial score (nSPS) is 17.0. The molecule has 7 nitrogen and oxygen atoms in total. The van der Waals surface area contributed by atoms with Gasteiger partial charge in [-0.15, -0.1) is 5.10 Å². The van der Waals surface area contributed by atoms with Gasteiger partial charge in [0.1, 0.15) is 0 Å². The number of hydrogen-bond donors (Lipinski definition) is 1. The van der Waals surface area contributed by atoms with E-state index in [4.69, 9.17) is 5.11 Å². The zero-order valence-electron chi connectivity index (χ0n) is 11.4. The van der Waals surface area contributed by atoms with Crippen LogP contribution < -0.4 is 4.90 Å². The van der Waals surface area contributed by atoms with Crippen LogP contribution in [0.1, 0.15) is 40.6 Å². The molecule has 0 amide bonds. The maximum Gasteiger partial charge on any atom is 0.335 e. The summed E-state index contributed by atoms with van der Waals surface area (Å²) in [5.41, 5.74) is 2.49. The standard InChI is InChI=1S/C14H15N5O2/c20-14(21)10-2-1-9-5-6-18(12(9)7-10)8-13-15-16-17-19(13)11-3-4-11/h1-2,7,11H,3-6,8H2,(H,20,21). The molecule has 2 heterocycles. The predicted octanol–water partition coefficient (Wildman–Crippen LogP) is 1.27. The van der Waals surface area contributed by atoms with Crippen LogP contribution in [0.3, 0.4) is 0 Å². The molecule has 0 atom stereocenters. The molecule has 21 heavy (non-hydrogen) atoms. The van der Waals surface area contributed by atoms with Crippen molar-refractivity contribution >= 4 is 11.7 Å². The number of carboxylic acid groups (broad SMARTS) is 1. The van der Waals surface area contributed by atoms with E-state index in [0.717, 1.165) is 37.3 Å². The Labute approximate surface area is 121 Å². The van der Waals surface area contributed by atoms with Crippen molar-refractivity contribution in [1.82, 2.24) is 20.2 Å². The van der Waals surface area contributed by atoms with Crippen molar-refractivity contribution in [3.8, 4) is 0 Å². The molecule has 0 saturated heterocycles. The van der Waals surface area contributed by atoms with Gasteiger partial charge >= 0.3 is 5.97 Å². The summed E-state index contributed by atoms with van der Waals surface area (Å²) in [6, 6.07) is 5.76. The number of carbonyl (C=O) groups is 1. The van der Waals surface area contributed by atoms with Crippen molar-refractivity contribution < 1.29 is 9.90 Å². The summed E-state index contributed by atoms with van der Waals surface area (Å²) in [6.45, 7) is 1.50. The number of nitrogens with zero attached hydrogens (tertiary/aromatic N) is 5. The Morgan fingerprint density at radius 2 is 2.24 bits per heavy atom. The summed E-state index contributed by atoms with van der Waals surface area (Å²) >= 11 is 0. The lowest BCUT2D eigenvalue weighted by Crippen LogP contribution is -2.22. The minimum absolute atomic E-state index is 0.322. The number of fused-ring (bicyclic) bond motifs is 1. The summed E-state index contributed by atoms with van der Waals surface area (Å²) in [4.78, 5) is 13.3. The molecule has 1 aliphatic heterocycles. The largest absolute Gasteiger partial charge is 0.478 e. The quantitative estimate of drug-likeness (QED) is 0.910. The topological polar surface area (TPSA) is 84.1 Å². The number of hydrogen-bond acceptors (Lipinski definition) is 5. The highest BCUT2D eigenvalue weighted by atomic mass is 16.4. The van der Waals surface area contributed by atoms with Crippen molar-refractivity contribution in [3.63, 3.8) is 0 Å². The Balaban J connectivity index is 1.62. The Morgan fingerprint density at radius 1 is 1.38 bits per heavy atom. The van der Waals surface area contributed by atoms with E-state index in [0.29, 0.717) is 18.2 Å². The minimum Gasteiger partial charge on any atom is -0.478 e. The minimum atomic E-state index is -0.896. The molecule has 2 aromatic rings. The first-order valence-corrected chi connectivity index (χ1v) is 7.10. The summed E-state index contributed by atoms with van der Waals surface area (Å²) in [7, 11) is 0. The molecule has 0 unspecified atom stereocenters. The fourth-order valence-electron chi connectivity index (χ4n) is 2.83. The van der Waals surface area contributed by atoms with Gasteiger partial charge in [-0.3, -0.25) is 0 Å². The van der Waals surface area contributed by atoms with Gasteiger partial charge < -0.3 is 10.0 Å². The van der Waals surface area contributed by atoms with E-state index in [9.17, 15) is 4.79 Å². The molecule has 4 rings (SSSR count). The second kappa shape index (κ2) is 4.54. The molecule has 1 fully saturated rings. The fraction of sp³-hybridized carbons (Fsp3) is 0.429. The summed E-state index contributed by atoms with van der Waals surface area (Å²) in [5.74, 6) is -0.0430. The van der Waals surface area contributed by atoms with Crippen molar-refractivity contribution in [2.24, 2.45) is 0 Å². The van der Waals surface area contributed by atoms with E-state index >= 15 is 0 Å². The van der Waals surface area contributed by atoms with Gasteiger partial charge in [0.25, 0.3) is 0 Å². The number of rotatable bonds is 4. The van der Waals surface area contributed by atoms with Crippen LogP contribution in [0.5, 0.6) is 0 Å². The number of aromatic nitrogens is 4. The first-order chi connectivity index (χ1) is 10.2. The Bertz CT molecular complexity index is 707. The van der Waals surface area contributed by atoms with Crippen LogP contribution in [-0.2, 0) is 13.0 Å². The maximum atomic E-state index is 11.1. The lowest BCUT2D eigenvalue weighted by atomic mass is 10.1. The van der Waals surface area contributed by atoms with Gasteiger partial charge in [-0.1, -0.05) is 6.07 Å². The predicted molar refractivity (Wildman–Crippen MR) is 74.2 cm³/mol. The first kappa shape index (κ1) is 12.3. The highest BCUT2D eigenvalue weighted by Gasteiger charge is 2.29. The van der Waals surface area contributed by atoms with Crippen LogP contribution in [0.25, 0.3) is 0 Å². The lowest BCUT2D eigenvalue weighted by molar-refractivity contribution is 0.0697. The zero-order valence-corrected chi connectivity index (χ0v) is 11.4. The van der Waals surface area contributed by atoms with E-state index < -0.39 is 5.97 Å². The van der Waals surface area contributed by atoms with Crippen LogP contribution in [0, 0.1) is 0 Å². The van der Waals surface area contributed by atoms with Gasteiger partial charge in [0.2, 0.25) is 0 Å². The number of benzene rings is 1. The van der Waals surface area contributed by atoms with E-state index in [1.807, 2.05) is 10.7 Å². The Morgan fingerprint density at radius 3 is 3.00 bits per heavy atom. The summed E-state index contributed by atoms with van der Waals surface area (Å²) in [5, 5.41) is 21.1. The van der Waals surface area contributed by atoms with Crippen molar-refractivity contribution in [3.05, 3.63) is 35.2 Å². The molecule has 1 N–H and O–H groups in total. The third-order valence-corrected chi connectivity index (χ3v) is 4.11. The molecule has 7 heteroatoms. The van der Waals surface area contributed by atoms with Crippen LogP contribution in [0.2, 0.25) is 0 Å². The molecular formula is C14H15N5O2. The average Bonchev–Trinajstić information content (AvgIpc) is 3.09. The highest BCUT2D eigenvalue weighted by molar-refractivity contribution is 5.89. The number of anilines is 1. The number of carboxylic acids is 1. The van der Waals surface area contributed by atoms with Gasteiger partial charge in [0.15, 0.2) is 5.82 Å². The first-order valence-electron chi connectivity index (χ1n) is 7.10. The SMILES string of the molecule is O=C(O)c1ccc2c(c1)N(Cc1nnnn1C1CC1)CC2. The number of tetrazole rings is 1. The Hall–Kier alpha value is -2.44.